The van der Waals surface area contributed by atoms with Crippen LogP contribution in [0.3, 0.4) is 0 Å². The van der Waals surface area contributed by atoms with Gasteiger partial charge in [0.1, 0.15) is 11.5 Å². The predicted octanol–water partition coefficient (Wildman–Crippen LogP) is 3.34. The molecule has 3 heteroatoms. The fourth-order valence-corrected chi connectivity index (χ4v) is 1.61. The molecule has 98 valence electrons. The Kier molecular flexibility index (Phi) is 4.45. The van der Waals surface area contributed by atoms with Crippen LogP contribution in [0.4, 0.5) is 0 Å². The molecule has 0 amide bonds. The van der Waals surface area contributed by atoms with Gasteiger partial charge >= 0.3 is 0 Å². The normalized spacial score (nSPS) is 9.74. The number of benzene rings is 2. The fourth-order valence-electron chi connectivity index (χ4n) is 1.61. The average molecular weight is 255 g/mol. The standard InChI is InChI=1S/C16H17NO2/c1-13(19-16-6-4-3-5-7-16)17-12-14-8-10-15(18-2)11-9-14/h3-11,17H,1,12H2,2H3. The lowest BCUT2D eigenvalue weighted by atomic mass is 10.2. The second-order valence-corrected chi connectivity index (χ2v) is 4.04. The number of methoxy groups -OCH3 is 1. The van der Waals surface area contributed by atoms with Crippen molar-refractivity contribution in [2.24, 2.45) is 0 Å². The van der Waals surface area contributed by atoms with Gasteiger partial charge in [0.25, 0.3) is 0 Å². The van der Waals surface area contributed by atoms with Crippen molar-refractivity contribution in [3.05, 3.63) is 72.6 Å². The van der Waals surface area contributed by atoms with Gasteiger partial charge in [-0.05, 0) is 36.4 Å². The van der Waals surface area contributed by atoms with Gasteiger partial charge < -0.3 is 14.8 Å². The lowest BCUT2D eigenvalue weighted by Gasteiger charge is -2.11. The summed E-state index contributed by atoms with van der Waals surface area (Å²) in [6, 6.07) is 17.4. The highest BCUT2D eigenvalue weighted by atomic mass is 16.5. The van der Waals surface area contributed by atoms with E-state index in [9.17, 15) is 0 Å². The van der Waals surface area contributed by atoms with Crippen LogP contribution in [0.5, 0.6) is 11.5 Å². The topological polar surface area (TPSA) is 30.5 Å². The minimum absolute atomic E-state index is 0.530. The summed E-state index contributed by atoms with van der Waals surface area (Å²) in [4.78, 5) is 0. The van der Waals surface area contributed by atoms with E-state index in [0.717, 1.165) is 17.1 Å². The third-order valence-electron chi connectivity index (χ3n) is 2.63. The number of rotatable bonds is 6. The third kappa shape index (κ3) is 4.07. The van der Waals surface area contributed by atoms with Gasteiger partial charge in [0.05, 0.1) is 7.11 Å². The summed E-state index contributed by atoms with van der Waals surface area (Å²) >= 11 is 0. The Balaban J connectivity index is 1.83. The van der Waals surface area contributed by atoms with Crippen LogP contribution in [-0.4, -0.2) is 7.11 Å². The first kappa shape index (κ1) is 13.0. The molecular weight excluding hydrogens is 238 g/mol. The van der Waals surface area contributed by atoms with Crippen molar-refractivity contribution in [2.45, 2.75) is 6.54 Å². The Bertz CT molecular complexity index is 520. The maximum absolute atomic E-state index is 5.55. The molecule has 0 spiro atoms. The highest BCUT2D eigenvalue weighted by Crippen LogP contribution is 2.13. The zero-order chi connectivity index (χ0) is 13.5. The number of nitrogens with one attached hydrogen (secondary N) is 1. The van der Waals surface area contributed by atoms with Crippen LogP contribution in [0.1, 0.15) is 5.56 Å². The second kappa shape index (κ2) is 6.50. The van der Waals surface area contributed by atoms with Crippen LogP contribution in [-0.2, 0) is 6.54 Å². The average Bonchev–Trinajstić information content (AvgIpc) is 2.47. The molecule has 0 saturated heterocycles. The second-order valence-electron chi connectivity index (χ2n) is 4.04. The minimum Gasteiger partial charge on any atom is -0.497 e. The number of hydrogen-bond donors (Lipinski definition) is 1. The molecule has 0 aliphatic heterocycles. The lowest BCUT2D eigenvalue weighted by Crippen LogP contribution is -2.16. The van der Waals surface area contributed by atoms with Crippen molar-refractivity contribution in [3.8, 4) is 11.5 Å². The van der Waals surface area contributed by atoms with E-state index in [4.69, 9.17) is 9.47 Å². The van der Waals surface area contributed by atoms with Gasteiger partial charge in [0.2, 0.25) is 0 Å². The predicted molar refractivity (Wildman–Crippen MR) is 76.0 cm³/mol. The molecule has 0 aromatic heterocycles. The van der Waals surface area contributed by atoms with E-state index < -0.39 is 0 Å². The van der Waals surface area contributed by atoms with Gasteiger partial charge in [-0.2, -0.15) is 0 Å². The van der Waals surface area contributed by atoms with Crippen LogP contribution < -0.4 is 14.8 Å². The molecule has 0 atom stereocenters. The lowest BCUT2D eigenvalue weighted by molar-refractivity contribution is 0.382. The minimum atomic E-state index is 0.530. The van der Waals surface area contributed by atoms with Crippen molar-refractivity contribution in [2.75, 3.05) is 7.11 Å². The molecule has 2 aromatic carbocycles. The molecule has 0 aliphatic carbocycles. The van der Waals surface area contributed by atoms with Crippen molar-refractivity contribution in [1.29, 1.82) is 0 Å². The molecule has 0 saturated carbocycles. The van der Waals surface area contributed by atoms with Crippen molar-refractivity contribution >= 4 is 0 Å². The maximum Gasteiger partial charge on any atom is 0.186 e. The Morgan fingerprint density at radius 2 is 1.68 bits per heavy atom. The van der Waals surface area contributed by atoms with E-state index in [0.29, 0.717) is 12.4 Å². The van der Waals surface area contributed by atoms with E-state index in [1.807, 2.05) is 54.6 Å². The van der Waals surface area contributed by atoms with E-state index in [1.54, 1.807) is 7.11 Å². The van der Waals surface area contributed by atoms with E-state index in [1.165, 1.54) is 0 Å². The molecule has 3 nitrogen and oxygen atoms in total. The van der Waals surface area contributed by atoms with Gasteiger partial charge in [-0.25, -0.2) is 0 Å². The zero-order valence-electron chi connectivity index (χ0n) is 10.9. The molecule has 0 unspecified atom stereocenters. The highest BCUT2D eigenvalue weighted by Gasteiger charge is 1.98. The molecule has 0 bridgehead atoms. The molecule has 2 aromatic rings. The molecule has 0 heterocycles. The molecule has 0 fully saturated rings. The highest BCUT2D eigenvalue weighted by molar-refractivity contribution is 5.27. The van der Waals surface area contributed by atoms with Gasteiger partial charge in [-0.3, -0.25) is 0 Å². The van der Waals surface area contributed by atoms with E-state index in [2.05, 4.69) is 11.9 Å². The van der Waals surface area contributed by atoms with Gasteiger partial charge in [0, 0.05) is 6.54 Å². The summed E-state index contributed by atoms with van der Waals surface area (Å²) in [7, 11) is 1.66. The van der Waals surface area contributed by atoms with Gasteiger partial charge in [0.15, 0.2) is 5.88 Å². The van der Waals surface area contributed by atoms with E-state index in [-0.39, 0.29) is 0 Å². The van der Waals surface area contributed by atoms with Crippen LogP contribution in [0, 0.1) is 0 Å². The number of para-hydroxylation sites is 1. The first-order chi connectivity index (χ1) is 9.28. The summed E-state index contributed by atoms with van der Waals surface area (Å²) in [5.74, 6) is 2.15. The molecular formula is C16H17NO2. The molecule has 1 N–H and O–H groups in total. The van der Waals surface area contributed by atoms with Gasteiger partial charge in [-0.1, -0.05) is 30.3 Å². The molecule has 19 heavy (non-hydrogen) atoms. The smallest absolute Gasteiger partial charge is 0.186 e. The van der Waals surface area contributed by atoms with Crippen molar-refractivity contribution in [3.63, 3.8) is 0 Å². The first-order valence-corrected chi connectivity index (χ1v) is 6.06. The summed E-state index contributed by atoms with van der Waals surface area (Å²) in [6.07, 6.45) is 0. The van der Waals surface area contributed by atoms with Crippen molar-refractivity contribution < 1.29 is 9.47 Å². The number of hydrogen-bond acceptors (Lipinski definition) is 3. The Hall–Kier alpha value is -2.42. The Labute approximate surface area is 113 Å². The monoisotopic (exact) mass is 255 g/mol. The molecule has 0 aliphatic rings. The molecule has 0 radical (unpaired) electrons. The van der Waals surface area contributed by atoms with Crippen LogP contribution in [0.15, 0.2) is 67.1 Å². The van der Waals surface area contributed by atoms with Gasteiger partial charge in [-0.15, -0.1) is 0 Å². The summed E-state index contributed by atoms with van der Waals surface area (Å²) in [6.45, 7) is 4.50. The molecule has 2 rings (SSSR count). The zero-order valence-corrected chi connectivity index (χ0v) is 10.9. The van der Waals surface area contributed by atoms with E-state index >= 15 is 0 Å². The maximum atomic E-state index is 5.55. The van der Waals surface area contributed by atoms with Crippen LogP contribution in [0.2, 0.25) is 0 Å². The summed E-state index contributed by atoms with van der Waals surface area (Å²) < 4.78 is 10.7. The fraction of sp³-hybridized carbons (Fsp3) is 0.125. The quantitative estimate of drug-likeness (QED) is 0.803. The Morgan fingerprint density at radius 3 is 2.32 bits per heavy atom. The number of ether oxygens (including phenoxy) is 2. The largest absolute Gasteiger partial charge is 0.497 e. The first-order valence-electron chi connectivity index (χ1n) is 6.06. The Morgan fingerprint density at radius 1 is 1.00 bits per heavy atom. The third-order valence-corrected chi connectivity index (χ3v) is 2.63. The summed E-state index contributed by atoms with van der Waals surface area (Å²) in [5.41, 5.74) is 1.14. The summed E-state index contributed by atoms with van der Waals surface area (Å²) in [5, 5.41) is 3.13. The van der Waals surface area contributed by atoms with Crippen LogP contribution >= 0.6 is 0 Å². The van der Waals surface area contributed by atoms with Crippen LogP contribution in [0.25, 0.3) is 0 Å². The SMILES string of the molecule is C=C(NCc1ccc(OC)cc1)Oc1ccccc1. The van der Waals surface area contributed by atoms with Crippen molar-refractivity contribution in [1.82, 2.24) is 5.32 Å².